The van der Waals surface area contributed by atoms with Gasteiger partial charge in [0.2, 0.25) is 0 Å². The summed E-state index contributed by atoms with van der Waals surface area (Å²) in [6.45, 7) is 2.67. The minimum Gasteiger partial charge on any atom is -0.390 e. The minimum absolute atomic E-state index is 0.0184. The second-order valence-corrected chi connectivity index (χ2v) is 5.97. The summed E-state index contributed by atoms with van der Waals surface area (Å²) in [6.07, 6.45) is 0.696. The van der Waals surface area contributed by atoms with E-state index in [1.807, 2.05) is 21.0 Å². The molecule has 2 N–H and O–H groups in total. The highest BCUT2D eigenvalue weighted by molar-refractivity contribution is 7.89. The molecule has 1 aromatic rings. The number of likely N-dealkylation sites (N-methyl/N-ethyl adjacent to an activating group) is 1. The fourth-order valence-electron chi connectivity index (χ4n) is 1.55. The van der Waals surface area contributed by atoms with Crippen molar-refractivity contribution in [1.29, 1.82) is 0 Å². The summed E-state index contributed by atoms with van der Waals surface area (Å²) >= 11 is 0. The number of sulfonamides is 1. The van der Waals surface area contributed by atoms with Gasteiger partial charge in [-0.2, -0.15) is 5.10 Å². The molecule has 0 aromatic carbocycles. The number of aryl methyl sites for hydroxylation is 1. The molecule has 0 bridgehead atoms. The Morgan fingerprint density at radius 3 is 2.78 bits per heavy atom. The Morgan fingerprint density at radius 2 is 2.22 bits per heavy atom. The highest BCUT2D eigenvalue weighted by atomic mass is 32.2. The highest BCUT2D eigenvalue weighted by Crippen LogP contribution is 2.07. The number of aliphatic hydroxyl groups excluding tert-OH is 1. The Hall–Kier alpha value is -0.960. The fourth-order valence-corrected chi connectivity index (χ4v) is 2.81. The van der Waals surface area contributed by atoms with E-state index in [-0.39, 0.29) is 11.6 Å². The van der Waals surface area contributed by atoms with E-state index in [9.17, 15) is 13.5 Å². The molecule has 0 aliphatic carbocycles. The molecule has 0 saturated heterocycles. The van der Waals surface area contributed by atoms with Crippen molar-refractivity contribution < 1.29 is 13.5 Å². The number of nitrogens with one attached hydrogen (secondary N) is 1. The zero-order chi connectivity index (χ0) is 13.8. The Bertz CT molecular complexity index is 469. The number of rotatable bonds is 7. The zero-order valence-electron chi connectivity index (χ0n) is 10.9. The number of aromatic nitrogens is 2. The van der Waals surface area contributed by atoms with Gasteiger partial charge in [-0.15, -0.1) is 0 Å². The van der Waals surface area contributed by atoms with Gasteiger partial charge in [-0.3, -0.25) is 4.68 Å². The number of hydrogen-bond acceptors (Lipinski definition) is 5. The molecule has 1 rings (SSSR count). The zero-order valence-corrected chi connectivity index (χ0v) is 11.7. The summed E-state index contributed by atoms with van der Waals surface area (Å²) in [4.78, 5) is 1.79. The molecular formula is C10H20N4O3S. The van der Waals surface area contributed by atoms with E-state index in [1.54, 1.807) is 4.90 Å². The average Bonchev–Trinajstić information content (AvgIpc) is 2.74. The molecule has 0 aliphatic rings. The molecule has 1 aromatic heterocycles. The lowest BCUT2D eigenvalue weighted by Crippen LogP contribution is -2.38. The van der Waals surface area contributed by atoms with Crippen molar-refractivity contribution in [3.8, 4) is 0 Å². The van der Waals surface area contributed by atoms with Gasteiger partial charge in [0.15, 0.2) is 5.03 Å². The molecule has 0 fully saturated rings. The van der Waals surface area contributed by atoms with Gasteiger partial charge in [-0.05, 0) is 27.1 Å². The van der Waals surface area contributed by atoms with Crippen LogP contribution in [0, 0.1) is 0 Å². The second-order valence-electron chi connectivity index (χ2n) is 4.25. The quantitative estimate of drug-likeness (QED) is 0.674. The lowest BCUT2D eigenvalue weighted by atomic mass is 10.3. The minimum atomic E-state index is -3.62. The summed E-state index contributed by atoms with van der Waals surface area (Å²) < 4.78 is 27.7. The van der Waals surface area contributed by atoms with Gasteiger partial charge in [0, 0.05) is 19.6 Å². The van der Waals surface area contributed by atoms with Crippen molar-refractivity contribution in [2.75, 3.05) is 27.2 Å². The fraction of sp³-hybridized carbons (Fsp3) is 0.700. The van der Waals surface area contributed by atoms with E-state index in [0.717, 1.165) is 0 Å². The first-order valence-electron chi connectivity index (χ1n) is 5.71. The first-order valence-corrected chi connectivity index (χ1v) is 7.19. The van der Waals surface area contributed by atoms with Crippen LogP contribution < -0.4 is 4.72 Å². The van der Waals surface area contributed by atoms with Crippen LogP contribution in [0.2, 0.25) is 0 Å². The second kappa shape index (κ2) is 6.28. The van der Waals surface area contributed by atoms with E-state index in [4.69, 9.17) is 0 Å². The van der Waals surface area contributed by atoms with Crippen LogP contribution in [-0.2, 0) is 16.6 Å². The predicted molar refractivity (Wildman–Crippen MR) is 67.7 cm³/mol. The first-order chi connectivity index (χ1) is 8.36. The van der Waals surface area contributed by atoms with Gasteiger partial charge < -0.3 is 10.0 Å². The van der Waals surface area contributed by atoms with Crippen LogP contribution in [-0.4, -0.2) is 61.5 Å². The van der Waals surface area contributed by atoms with Gasteiger partial charge in [-0.1, -0.05) is 0 Å². The van der Waals surface area contributed by atoms with Crippen LogP contribution in [0.1, 0.15) is 6.92 Å². The molecule has 1 heterocycles. The number of aliphatic hydroxyl groups is 1. The summed E-state index contributed by atoms with van der Waals surface area (Å²) in [5.74, 6) is 0. The Balaban J connectivity index is 2.66. The van der Waals surface area contributed by atoms with Crippen molar-refractivity contribution in [2.24, 2.45) is 0 Å². The maximum absolute atomic E-state index is 12.0. The lowest BCUT2D eigenvalue weighted by Gasteiger charge is -2.16. The Labute approximate surface area is 107 Å². The monoisotopic (exact) mass is 276 g/mol. The molecule has 0 amide bonds. The SMILES string of the molecule is CCn1nccc1S(=O)(=O)NC[C@H](O)CN(C)C. The molecule has 1 atom stereocenters. The summed E-state index contributed by atoms with van der Waals surface area (Å²) in [5.41, 5.74) is 0. The van der Waals surface area contributed by atoms with E-state index in [0.29, 0.717) is 13.1 Å². The summed E-state index contributed by atoms with van der Waals surface area (Å²) in [6, 6.07) is 1.43. The molecular weight excluding hydrogens is 256 g/mol. The Kier molecular flexibility index (Phi) is 5.27. The van der Waals surface area contributed by atoms with Crippen molar-refractivity contribution >= 4 is 10.0 Å². The van der Waals surface area contributed by atoms with Gasteiger partial charge in [-0.25, -0.2) is 13.1 Å². The van der Waals surface area contributed by atoms with Gasteiger partial charge in [0.25, 0.3) is 10.0 Å². The van der Waals surface area contributed by atoms with Crippen LogP contribution in [0.15, 0.2) is 17.3 Å². The molecule has 0 unspecified atom stereocenters. The smallest absolute Gasteiger partial charge is 0.257 e. The third-order valence-corrected chi connectivity index (χ3v) is 3.78. The third kappa shape index (κ3) is 4.05. The molecule has 18 heavy (non-hydrogen) atoms. The molecule has 7 nitrogen and oxygen atoms in total. The third-order valence-electron chi connectivity index (χ3n) is 2.34. The van der Waals surface area contributed by atoms with Crippen molar-refractivity contribution in [3.63, 3.8) is 0 Å². The van der Waals surface area contributed by atoms with Gasteiger partial charge in [0.1, 0.15) is 0 Å². The van der Waals surface area contributed by atoms with Crippen LogP contribution >= 0.6 is 0 Å². The van der Waals surface area contributed by atoms with Crippen molar-refractivity contribution in [1.82, 2.24) is 19.4 Å². The molecule has 0 spiro atoms. The van der Waals surface area contributed by atoms with Crippen LogP contribution in [0.4, 0.5) is 0 Å². The first kappa shape index (κ1) is 15.1. The summed E-state index contributed by atoms with van der Waals surface area (Å²) in [7, 11) is 0.000185. The van der Waals surface area contributed by atoms with Crippen LogP contribution in [0.5, 0.6) is 0 Å². The highest BCUT2D eigenvalue weighted by Gasteiger charge is 2.19. The van der Waals surface area contributed by atoms with E-state index in [2.05, 4.69) is 9.82 Å². The summed E-state index contributed by atoms with van der Waals surface area (Å²) in [5, 5.41) is 13.6. The van der Waals surface area contributed by atoms with E-state index >= 15 is 0 Å². The normalized spacial score (nSPS) is 14.1. The molecule has 8 heteroatoms. The number of nitrogens with zero attached hydrogens (tertiary/aromatic N) is 3. The van der Waals surface area contributed by atoms with E-state index in [1.165, 1.54) is 16.9 Å². The van der Waals surface area contributed by atoms with E-state index < -0.39 is 16.1 Å². The predicted octanol–water partition coefficient (Wildman–Crippen LogP) is -0.896. The molecule has 0 aliphatic heterocycles. The number of hydrogen-bond donors (Lipinski definition) is 2. The van der Waals surface area contributed by atoms with Crippen LogP contribution in [0.3, 0.4) is 0 Å². The van der Waals surface area contributed by atoms with Crippen molar-refractivity contribution in [2.45, 2.75) is 24.6 Å². The van der Waals surface area contributed by atoms with Crippen molar-refractivity contribution in [3.05, 3.63) is 12.3 Å². The van der Waals surface area contributed by atoms with Gasteiger partial charge in [0.05, 0.1) is 12.3 Å². The lowest BCUT2D eigenvalue weighted by molar-refractivity contribution is 0.140. The standard InChI is InChI=1S/C10H20N4O3S/c1-4-14-10(5-6-11-14)18(16,17)12-7-9(15)8-13(2)3/h5-6,9,12,15H,4,7-8H2,1-3H3/t9-/m0/s1. The molecule has 104 valence electrons. The molecule has 0 saturated carbocycles. The molecule has 0 radical (unpaired) electrons. The maximum Gasteiger partial charge on any atom is 0.257 e. The average molecular weight is 276 g/mol. The topological polar surface area (TPSA) is 87.5 Å². The maximum atomic E-state index is 12.0. The Morgan fingerprint density at radius 1 is 1.56 bits per heavy atom. The largest absolute Gasteiger partial charge is 0.390 e. The van der Waals surface area contributed by atoms with Gasteiger partial charge >= 0.3 is 0 Å². The van der Waals surface area contributed by atoms with Crippen LogP contribution in [0.25, 0.3) is 0 Å².